The maximum Gasteiger partial charge on any atom is 0.280 e. The maximum atomic E-state index is 13.6. The fraction of sp³-hybridized carbons (Fsp3) is 0.154. The summed E-state index contributed by atoms with van der Waals surface area (Å²) >= 11 is 2.18. The van der Waals surface area contributed by atoms with Gasteiger partial charge in [0.15, 0.2) is 6.29 Å². The van der Waals surface area contributed by atoms with Gasteiger partial charge in [0.05, 0.1) is 39.5 Å². The van der Waals surface area contributed by atoms with E-state index in [9.17, 15) is 14.9 Å². The van der Waals surface area contributed by atoms with Crippen LogP contribution in [-0.2, 0) is 5.41 Å². The molecule has 5 aromatic rings. The number of rotatable bonds is 3. The maximum absolute atomic E-state index is 13.6. The van der Waals surface area contributed by atoms with E-state index in [4.69, 9.17) is 0 Å². The van der Waals surface area contributed by atoms with Gasteiger partial charge in [0.2, 0.25) is 0 Å². The van der Waals surface area contributed by atoms with Crippen molar-refractivity contribution in [3.05, 3.63) is 85.9 Å². The van der Waals surface area contributed by atoms with Crippen LogP contribution in [0, 0.1) is 14.9 Å². The Labute approximate surface area is 214 Å². The predicted molar refractivity (Wildman–Crippen MR) is 141 cm³/mol. The first-order chi connectivity index (χ1) is 16.7. The Balaban J connectivity index is 1.77. The molecule has 0 bridgehead atoms. The number of nitriles is 1. The molecule has 0 amide bonds. The third-order valence-corrected chi connectivity index (χ3v) is 6.81. The van der Waals surface area contributed by atoms with E-state index in [2.05, 4.69) is 64.5 Å². The SMILES string of the molecule is CC(C)(C)c1cc(I)c2c(=O)n(-c3cccc(-n4cc(C#N)c5cncnc54)c3C=O)ncc2c1. The summed E-state index contributed by atoms with van der Waals surface area (Å²) < 4.78 is 3.73. The number of halogens is 1. The van der Waals surface area contributed by atoms with Crippen LogP contribution >= 0.6 is 22.6 Å². The van der Waals surface area contributed by atoms with Gasteiger partial charge in [-0.15, -0.1) is 0 Å². The van der Waals surface area contributed by atoms with Crippen LogP contribution < -0.4 is 5.56 Å². The molecule has 0 aliphatic heterocycles. The molecule has 0 aliphatic rings. The Hall–Kier alpha value is -3.91. The van der Waals surface area contributed by atoms with Crippen LogP contribution in [0.1, 0.15) is 42.3 Å². The molecule has 2 aromatic carbocycles. The van der Waals surface area contributed by atoms with Gasteiger partial charge in [-0.3, -0.25) is 14.2 Å². The van der Waals surface area contributed by atoms with E-state index < -0.39 is 0 Å². The van der Waals surface area contributed by atoms with Gasteiger partial charge in [-0.2, -0.15) is 15.0 Å². The first-order valence-corrected chi connectivity index (χ1v) is 11.8. The molecule has 3 heterocycles. The first kappa shape index (κ1) is 22.9. The van der Waals surface area contributed by atoms with Crippen LogP contribution in [0.4, 0.5) is 0 Å². The van der Waals surface area contributed by atoms with E-state index in [1.165, 1.54) is 11.0 Å². The van der Waals surface area contributed by atoms with Gasteiger partial charge in [0.25, 0.3) is 5.56 Å². The molecule has 0 spiro atoms. The average Bonchev–Trinajstić information content (AvgIpc) is 3.21. The van der Waals surface area contributed by atoms with Gasteiger partial charge < -0.3 is 0 Å². The second kappa shape index (κ2) is 8.39. The smallest absolute Gasteiger partial charge is 0.280 e. The van der Waals surface area contributed by atoms with E-state index >= 15 is 0 Å². The molecule has 0 N–H and O–H groups in total. The second-order valence-electron chi connectivity index (χ2n) is 9.15. The van der Waals surface area contributed by atoms with Crippen molar-refractivity contribution >= 4 is 50.7 Å². The molecular weight excluding hydrogens is 555 g/mol. The van der Waals surface area contributed by atoms with Crippen LogP contribution in [0.25, 0.3) is 33.2 Å². The largest absolute Gasteiger partial charge is 0.299 e. The minimum atomic E-state index is -0.315. The highest BCUT2D eigenvalue weighted by Crippen LogP contribution is 2.29. The molecule has 0 aliphatic carbocycles. The van der Waals surface area contributed by atoms with E-state index in [1.54, 1.807) is 41.4 Å². The van der Waals surface area contributed by atoms with E-state index in [0.29, 0.717) is 39.6 Å². The number of hydrogen-bond donors (Lipinski definition) is 0. The number of hydrogen-bond acceptors (Lipinski definition) is 6. The van der Waals surface area contributed by atoms with Crippen LogP contribution in [0.3, 0.4) is 0 Å². The predicted octanol–water partition coefficient (Wildman–Crippen LogP) is 4.71. The second-order valence-corrected chi connectivity index (χ2v) is 10.3. The zero-order chi connectivity index (χ0) is 24.9. The number of benzene rings is 2. The molecular formula is C26H19IN6O2. The molecule has 0 radical (unpaired) electrons. The van der Waals surface area contributed by atoms with Gasteiger partial charge in [0.1, 0.15) is 18.0 Å². The van der Waals surface area contributed by atoms with Crippen molar-refractivity contribution in [2.24, 2.45) is 0 Å². The van der Waals surface area contributed by atoms with Crippen LogP contribution in [0.2, 0.25) is 0 Å². The zero-order valence-corrected chi connectivity index (χ0v) is 21.3. The quantitative estimate of drug-likeness (QED) is 0.228. The van der Waals surface area contributed by atoms with Gasteiger partial charge in [-0.1, -0.05) is 26.8 Å². The minimum Gasteiger partial charge on any atom is -0.299 e. The normalized spacial score (nSPS) is 11.6. The van der Waals surface area contributed by atoms with Gasteiger partial charge in [-0.25, -0.2) is 9.97 Å². The summed E-state index contributed by atoms with van der Waals surface area (Å²) in [7, 11) is 0. The number of aromatic nitrogens is 5. The number of aldehydes is 1. The molecule has 8 nitrogen and oxygen atoms in total. The van der Waals surface area contributed by atoms with Crippen molar-refractivity contribution in [2.45, 2.75) is 26.2 Å². The van der Waals surface area contributed by atoms with Crippen LogP contribution in [-0.4, -0.2) is 30.6 Å². The number of carbonyl (C=O) groups is 1. The van der Waals surface area contributed by atoms with Crippen molar-refractivity contribution in [3.8, 4) is 17.4 Å². The minimum absolute atomic E-state index is 0.0760. The molecule has 0 unspecified atom stereocenters. The first-order valence-electron chi connectivity index (χ1n) is 10.8. The monoisotopic (exact) mass is 574 g/mol. The van der Waals surface area contributed by atoms with Gasteiger partial charge in [0, 0.05) is 21.4 Å². The summed E-state index contributed by atoms with van der Waals surface area (Å²) in [5.41, 5.74) is 2.66. The number of fused-ring (bicyclic) bond motifs is 2. The standard InChI is InChI=1S/C26H19IN6O2/c1-26(2,3)17-7-15-10-31-33(25(35)23(15)20(27)8-17)22-6-4-5-21(19(22)13-34)32-12-16(9-28)18-11-29-14-30-24(18)32/h4-8,10-14H,1-3H3. The summed E-state index contributed by atoms with van der Waals surface area (Å²) in [4.78, 5) is 34.3. The molecule has 0 saturated heterocycles. The summed E-state index contributed by atoms with van der Waals surface area (Å²) in [6.07, 6.45) is 6.90. The highest BCUT2D eigenvalue weighted by Gasteiger charge is 2.20. The Morgan fingerprint density at radius 1 is 1.14 bits per heavy atom. The molecule has 0 atom stereocenters. The van der Waals surface area contributed by atoms with Crippen molar-refractivity contribution in [2.75, 3.05) is 0 Å². The molecule has 9 heteroatoms. The number of nitrogens with zero attached hydrogens (tertiary/aromatic N) is 6. The Morgan fingerprint density at radius 3 is 2.63 bits per heavy atom. The average molecular weight is 574 g/mol. The highest BCUT2D eigenvalue weighted by molar-refractivity contribution is 14.1. The van der Waals surface area contributed by atoms with Crippen molar-refractivity contribution in [1.29, 1.82) is 5.26 Å². The molecule has 0 fully saturated rings. The highest BCUT2D eigenvalue weighted by atomic mass is 127. The summed E-state index contributed by atoms with van der Waals surface area (Å²) in [5, 5.41) is 15.8. The fourth-order valence-corrected chi connectivity index (χ4v) is 5.01. The Kier molecular flexibility index (Phi) is 5.48. The van der Waals surface area contributed by atoms with Crippen molar-refractivity contribution in [3.63, 3.8) is 0 Å². The topological polar surface area (TPSA) is 106 Å². The van der Waals surface area contributed by atoms with Crippen LogP contribution in [0.15, 0.2) is 60.0 Å². The third kappa shape index (κ3) is 3.70. The molecule has 35 heavy (non-hydrogen) atoms. The summed E-state index contributed by atoms with van der Waals surface area (Å²) in [6.45, 7) is 6.36. The summed E-state index contributed by atoms with van der Waals surface area (Å²) in [5.74, 6) is 0. The lowest BCUT2D eigenvalue weighted by Gasteiger charge is -2.20. The van der Waals surface area contributed by atoms with Crippen molar-refractivity contribution < 1.29 is 4.79 Å². The van der Waals surface area contributed by atoms with Crippen molar-refractivity contribution in [1.82, 2.24) is 24.3 Å². The van der Waals surface area contributed by atoms with E-state index in [0.717, 1.165) is 14.5 Å². The van der Waals surface area contributed by atoms with E-state index in [1.807, 2.05) is 12.1 Å². The Bertz CT molecular complexity index is 1750. The molecule has 0 saturated carbocycles. The fourth-order valence-electron chi connectivity index (χ4n) is 4.13. The van der Waals surface area contributed by atoms with E-state index in [-0.39, 0.29) is 16.5 Å². The molecule has 3 aromatic heterocycles. The van der Waals surface area contributed by atoms with Gasteiger partial charge >= 0.3 is 0 Å². The third-order valence-electron chi connectivity index (χ3n) is 5.96. The van der Waals surface area contributed by atoms with Crippen LogP contribution in [0.5, 0.6) is 0 Å². The molecule has 5 rings (SSSR count). The number of carbonyl (C=O) groups excluding carboxylic acids is 1. The van der Waals surface area contributed by atoms with Gasteiger partial charge in [-0.05, 0) is 57.8 Å². The lowest BCUT2D eigenvalue weighted by molar-refractivity contribution is 0.112. The molecule has 172 valence electrons. The zero-order valence-electron chi connectivity index (χ0n) is 19.2. The summed E-state index contributed by atoms with van der Waals surface area (Å²) in [6, 6.07) is 11.3. The Morgan fingerprint density at radius 2 is 1.91 bits per heavy atom. The lowest BCUT2D eigenvalue weighted by atomic mass is 9.86. The lowest BCUT2D eigenvalue weighted by Crippen LogP contribution is -2.24.